The van der Waals surface area contributed by atoms with Crippen LogP contribution in [-0.4, -0.2) is 0 Å². The fraction of sp³-hybridized carbons (Fsp3) is 0.250. The van der Waals surface area contributed by atoms with Crippen LogP contribution in [0.15, 0.2) is 36.4 Å². The molecular formula is C16H18ClN. The molecule has 1 nitrogen and oxygen atoms in total. The number of aryl methyl sites for hydroxylation is 3. The number of halogens is 1. The molecule has 18 heavy (non-hydrogen) atoms. The van der Waals surface area contributed by atoms with E-state index in [0.29, 0.717) is 0 Å². The molecule has 2 rings (SSSR count). The van der Waals surface area contributed by atoms with Gasteiger partial charge >= 0.3 is 0 Å². The summed E-state index contributed by atoms with van der Waals surface area (Å²) in [5.74, 6) is 0. The molecule has 0 bridgehead atoms. The normalized spacial score (nSPS) is 10.4. The summed E-state index contributed by atoms with van der Waals surface area (Å²) in [7, 11) is 0. The Morgan fingerprint density at radius 1 is 0.889 bits per heavy atom. The molecule has 94 valence electrons. The van der Waals surface area contributed by atoms with Gasteiger partial charge in [-0.25, -0.2) is 0 Å². The van der Waals surface area contributed by atoms with E-state index in [4.69, 9.17) is 11.6 Å². The molecule has 0 fully saturated rings. The van der Waals surface area contributed by atoms with E-state index in [1.807, 2.05) is 13.0 Å². The predicted octanol–water partition coefficient (Wildman–Crippen LogP) is 4.88. The maximum absolute atomic E-state index is 6.11. The molecule has 0 unspecified atom stereocenters. The van der Waals surface area contributed by atoms with Crippen molar-refractivity contribution in [1.29, 1.82) is 0 Å². The SMILES string of the molecule is Cc1ccc(NCc2ccc(C)c(Cl)c2)cc1C. The number of rotatable bonds is 3. The molecule has 0 atom stereocenters. The zero-order valence-corrected chi connectivity index (χ0v) is 11.8. The van der Waals surface area contributed by atoms with Crippen LogP contribution >= 0.6 is 11.6 Å². The average molecular weight is 260 g/mol. The summed E-state index contributed by atoms with van der Waals surface area (Å²) in [6.07, 6.45) is 0. The van der Waals surface area contributed by atoms with Crippen LogP contribution in [0.2, 0.25) is 5.02 Å². The lowest BCUT2D eigenvalue weighted by atomic mass is 10.1. The highest BCUT2D eigenvalue weighted by Gasteiger charge is 1.99. The Bertz CT molecular complexity index is 510. The molecule has 0 aliphatic heterocycles. The molecule has 0 heterocycles. The van der Waals surface area contributed by atoms with E-state index in [2.05, 4.69) is 49.5 Å². The summed E-state index contributed by atoms with van der Waals surface area (Å²) in [6.45, 7) is 7.06. The Hall–Kier alpha value is -1.47. The first kappa shape index (κ1) is 13.0. The van der Waals surface area contributed by atoms with Gasteiger partial charge in [-0.1, -0.05) is 29.8 Å². The van der Waals surface area contributed by atoms with Crippen LogP contribution in [0.3, 0.4) is 0 Å². The van der Waals surface area contributed by atoms with Gasteiger partial charge < -0.3 is 5.32 Å². The molecular weight excluding hydrogens is 242 g/mol. The lowest BCUT2D eigenvalue weighted by molar-refractivity contribution is 1.14. The van der Waals surface area contributed by atoms with Crippen molar-refractivity contribution in [2.24, 2.45) is 0 Å². The first-order valence-corrected chi connectivity index (χ1v) is 6.50. The van der Waals surface area contributed by atoms with Crippen LogP contribution < -0.4 is 5.32 Å². The van der Waals surface area contributed by atoms with Gasteiger partial charge in [0.15, 0.2) is 0 Å². The average Bonchev–Trinajstić information content (AvgIpc) is 2.35. The predicted molar refractivity (Wildman–Crippen MR) is 79.4 cm³/mol. The van der Waals surface area contributed by atoms with E-state index < -0.39 is 0 Å². The molecule has 0 spiro atoms. The van der Waals surface area contributed by atoms with Gasteiger partial charge in [0.1, 0.15) is 0 Å². The van der Waals surface area contributed by atoms with E-state index in [9.17, 15) is 0 Å². The summed E-state index contributed by atoms with van der Waals surface area (Å²) in [4.78, 5) is 0. The molecule has 2 aromatic rings. The third-order valence-corrected chi connectivity index (χ3v) is 3.65. The summed E-state index contributed by atoms with van der Waals surface area (Å²) in [5, 5.41) is 4.25. The second-order valence-corrected chi connectivity index (χ2v) is 5.14. The number of nitrogens with one attached hydrogen (secondary N) is 1. The number of hydrogen-bond acceptors (Lipinski definition) is 1. The number of anilines is 1. The van der Waals surface area contributed by atoms with E-state index >= 15 is 0 Å². The zero-order chi connectivity index (χ0) is 13.1. The Labute approximate surface area is 114 Å². The van der Waals surface area contributed by atoms with E-state index in [1.165, 1.54) is 16.7 Å². The molecule has 2 aromatic carbocycles. The number of hydrogen-bond donors (Lipinski definition) is 1. The van der Waals surface area contributed by atoms with Crippen molar-refractivity contribution >= 4 is 17.3 Å². The smallest absolute Gasteiger partial charge is 0.0438 e. The van der Waals surface area contributed by atoms with Crippen molar-refractivity contribution in [2.45, 2.75) is 27.3 Å². The Balaban J connectivity index is 2.06. The molecule has 0 radical (unpaired) electrons. The highest BCUT2D eigenvalue weighted by Crippen LogP contribution is 2.19. The van der Waals surface area contributed by atoms with Crippen LogP contribution in [-0.2, 0) is 6.54 Å². The van der Waals surface area contributed by atoms with Crippen LogP contribution in [0.5, 0.6) is 0 Å². The minimum Gasteiger partial charge on any atom is -0.381 e. The summed E-state index contributed by atoms with van der Waals surface area (Å²) < 4.78 is 0. The lowest BCUT2D eigenvalue weighted by Crippen LogP contribution is -2.00. The van der Waals surface area contributed by atoms with Gasteiger partial charge in [-0.05, 0) is 61.2 Å². The molecule has 0 saturated carbocycles. The second-order valence-electron chi connectivity index (χ2n) is 4.74. The maximum atomic E-state index is 6.11. The number of benzene rings is 2. The largest absolute Gasteiger partial charge is 0.381 e. The van der Waals surface area contributed by atoms with Crippen LogP contribution in [0.1, 0.15) is 22.3 Å². The maximum Gasteiger partial charge on any atom is 0.0438 e. The van der Waals surface area contributed by atoms with Gasteiger partial charge in [0, 0.05) is 17.3 Å². The quantitative estimate of drug-likeness (QED) is 0.829. The summed E-state index contributed by atoms with van der Waals surface area (Å²) >= 11 is 6.11. The van der Waals surface area contributed by atoms with Crippen molar-refractivity contribution in [2.75, 3.05) is 5.32 Å². The second kappa shape index (κ2) is 5.45. The fourth-order valence-corrected chi connectivity index (χ4v) is 2.00. The fourth-order valence-electron chi connectivity index (χ4n) is 1.80. The van der Waals surface area contributed by atoms with Gasteiger partial charge in [-0.3, -0.25) is 0 Å². The van der Waals surface area contributed by atoms with E-state index in [0.717, 1.165) is 22.8 Å². The first-order valence-electron chi connectivity index (χ1n) is 6.12. The highest BCUT2D eigenvalue weighted by molar-refractivity contribution is 6.31. The lowest BCUT2D eigenvalue weighted by Gasteiger charge is -2.09. The molecule has 0 aromatic heterocycles. The minimum absolute atomic E-state index is 0.794. The highest BCUT2D eigenvalue weighted by atomic mass is 35.5. The molecule has 0 saturated heterocycles. The van der Waals surface area contributed by atoms with E-state index in [1.54, 1.807) is 0 Å². The van der Waals surface area contributed by atoms with Gasteiger partial charge in [0.2, 0.25) is 0 Å². The third-order valence-electron chi connectivity index (χ3n) is 3.24. The molecule has 0 amide bonds. The standard InChI is InChI=1S/C16H18ClN/c1-11-5-7-15(8-13(11)3)18-10-14-6-4-12(2)16(17)9-14/h4-9,18H,10H2,1-3H3. The summed E-state index contributed by atoms with van der Waals surface area (Å²) in [5.41, 5.74) is 6.09. The van der Waals surface area contributed by atoms with Gasteiger partial charge in [0.25, 0.3) is 0 Å². The summed E-state index contributed by atoms with van der Waals surface area (Å²) in [6, 6.07) is 12.6. The van der Waals surface area contributed by atoms with Crippen molar-refractivity contribution in [3.05, 3.63) is 63.7 Å². The van der Waals surface area contributed by atoms with Crippen molar-refractivity contribution in [1.82, 2.24) is 0 Å². The van der Waals surface area contributed by atoms with Crippen molar-refractivity contribution in [3.8, 4) is 0 Å². The van der Waals surface area contributed by atoms with Gasteiger partial charge in [-0.2, -0.15) is 0 Å². The van der Waals surface area contributed by atoms with Gasteiger partial charge in [-0.15, -0.1) is 0 Å². The van der Waals surface area contributed by atoms with E-state index in [-0.39, 0.29) is 0 Å². The van der Waals surface area contributed by atoms with Crippen molar-refractivity contribution < 1.29 is 0 Å². The third kappa shape index (κ3) is 3.05. The first-order chi connectivity index (χ1) is 8.56. The molecule has 2 heteroatoms. The minimum atomic E-state index is 0.794. The monoisotopic (exact) mass is 259 g/mol. The van der Waals surface area contributed by atoms with Crippen molar-refractivity contribution in [3.63, 3.8) is 0 Å². The van der Waals surface area contributed by atoms with Crippen LogP contribution in [0, 0.1) is 20.8 Å². The Morgan fingerprint density at radius 3 is 2.28 bits per heavy atom. The van der Waals surface area contributed by atoms with Crippen LogP contribution in [0.25, 0.3) is 0 Å². The van der Waals surface area contributed by atoms with Crippen LogP contribution in [0.4, 0.5) is 5.69 Å². The molecule has 1 N–H and O–H groups in total. The molecule has 0 aliphatic rings. The molecule has 0 aliphatic carbocycles. The Kier molecular flexibility index (Phi) is 3.93. The topological polar surface area (TPSA) is 12.0 Å². The zero-order valence-electron chi connectivity index (χ0n) is 11.0. The Morgan fingerprint density at radius 2 is 1.61 bits per heavy atom. The van der Waals surface area contributed by atoms with Gasteiger partial charge in [0.05, 0.1) is 0 Å².